The molecule has 0 unspecified atom stereocenters. The summed E-state index contributed by atoms with van der Waals surface area (Å²) in [5.74, 6) is -0.914. The van der Waals surface area contributed by atoms with E-state index in [4.69, 9.17) is 5.11 Å². The maximum absolute atomic E-state index is 9.75. The summed E-state index contributed by atoms with van der Waals surface area (Å²) in [5, 5.41) is 8.02. The van der Waals surface area contributed by atoms with Gasteiger partial charge in [-0.15, -0.1) is 0 Å². The fourth-order valence-corrected chi connectivity index (χ4v) is 0.249. The number of carboxylic acid groups (broad SMARTS) is 1. The molecule has 0 atom stereocenters. The zero-order valence-electron chi connectivity index (χ0n) is 4.66. The van der Waals surface area contributed by atoms with Crippen molar-refractivity contribution in [3.05, 3.63) is 24.3 Å². The molecule has 2 nitrogen and oxygen atoms in total. The van der Waals surface area contributed by atoms with Gasteiger partial charge in [0.15, 0.2) is 0 Å². The summed E-state index contributed by atoms with van der Waals surface area (Å²) in [5.41, 5.74) is 0. The first-order valence-corrected chi connectivity index (χ1v) is 2.29. The molecular weight excluding hydrogens is 106 g/mol. The molecule has 0 saturated heterocycles. The van der Waals surface area contributed by atoms with Gasteiger partial charge >= 0.3 is 5.97 Å². The van der Waals surface area contributed by atoms with E-state index in [-0.39, 0.29) is 0 Å². The summed E-state index contributed by atoms with van der Waals surface area (Å²) in [4.78, 5) is 9.75. The third-order valence-electron chi connectivity index (χ3n) is 0.542. The molecule has 0 aliphatic heterocycles. The summed E-state index contributed by atoms with van der Waals surface area (Å²) in [7, 11) is 0. The van der Waals surface area contributed by atoms with Gasteiger partial charge in [-0.1, -0.05) is 18.2 Å². The Morgan fingerprint density at radius 1 is 1.50 bits per heavy atom. The lowest BCUT2D eigenvalue weighted by molar-refractivity contribution is -0.131. The van der Waals surface area contributed by atoms with Gasteiger partial charge in [-0.05, 0) is 6.92 Å². The van der Waals surface area contributed by atoms with Crippen LogP contribution in [-0.2, 0) is 4.79 Å². The van der Waals surface area contributed by atoms with Crippen molar-refractivity contribution in [1.82, 2.24) is 0 Å². The third kappa shape index (κ3) is 4.95. The van der Waals surface area contributed by atoms with Crippen molar-refractivity contribution in [3.8, 4) is 0 Å². The Morgan fingerprint density at radius 3 is 2.50 bits per heavy atom. The van der Waals surface area contributed by atoms with Crippen LogP contribution in [0.4, 0.5) is 0 Å². The molecule has 0 aromatic heterocycles. The molecule has 0 aromatic carbocycles. The predicted octanol–water partition coefficient (Wildman–Crippen LogP) is 1.20. The molecule has 44 valence electrons. The van der Waals surface area contributed by atoms with Crippen LogP contribution in [0.25, 0.3) is 0 Å². The van der Waals surface area contributed by atoms with Gasteiger partial charge in [0.1, 0.15) is 0 Å². The summed E-state index contributed by atoms with van der Waals surface area (Å²) >= 11 is 0. The molecule has 0 amide bonds. The van der Waals surface area contributed by atoms with Gasteiger partial charge in [-0.25, -0.2) is 4.79 Å². The number of carboxylic acids is 1. The van der Waals surface area contributed by atoms with Crippen LogP contribution < -0.4 is 0 Å². The Morgan fingerprint density at radius 2 is 2.12 bits per heavy atom. The van der Waals surface area contributed by atoms with Crippen molar-refractivity contribution in [2.75, 3.05) is 0 Å². The molecule has 0 spiro atoms. The molecule has 0 rings (SSSR count). The lowest BCUT2D eigenvalue weighted by atomic mass is 10.5. The predicted molar refractivity (Wildman–Crippen MR) is 31.6 cm³/mol. The van der Waals surface area contributed by atoms with Gasteiger partial charge in [-0.3, -0.25) is 0 Å². The van der Waals surface area contributed by atoms with Gasteiger partial charge in [0.05, 0.1) is 0 Å². The second-order valence-electron chi connectivity index (χ2n) is 1.22. The molecule has 0 saturated carbocycles. The van der Waals surface area contributed by atoms with E-state index in [1.54, 1.807) is 12.2 Å². The Balaban J connectivity index is 3.50. The highest BCUT2D eigenvalue weighted by Crippen LogP contribution is 1.74. The van der Waals surface area contributed by atoms with Crippen molar-refractivity contribution in [1.29, 1.82) is 0 Å². The largest absolute Gasteiger partial charge is 0.478 e. The monoisotopic (exact) mass is 114 g/mol. The molecule has 0 aromatic rings. The summed E-state index contributed by atoms with van der Waals surface area (Å²) in [6, 6.07) is 0. The molecule has 1 N–H and O–H groups in total. The lowest BCUT2D eigenvalue weighted by Crippen LogP contribution is -1.83. The van der Waals surface area contributed by atoms with Crippen molar-refractivity contribution >= 4 is 5.97 Å². The number of rotatable bonds is 2. The highest BCUT2D eigenvalue weighted by molar-refractivity contribution is 5.80. The Hall–Kier alpha value is -1.05. The third-order valence-corrected chi connectivity index (χ3v) is 0.542. The topological polar surface area (TPSA) is 37.3 Å². The van der Waals surface area contributed by atoms with Crippen LogP contribution in [0, 0.1) is 0 Å². The fourth-order valence-electron chi connectivity index (χ4n) is 0.249. The quantitative estimate of drug-likeness (QED) is 0.332. The van der Waals surface area contributed by atoms with Gasteiger partial charge < -0.3 is 5.11 Å². The number of hydrogen-bond acceptors (Lipinski definition) is 1. The molecule has 0 fully saturated rings. The van der Waals surface area contributed by atoms with E-state index < -0.39 is 5.97 Å². The van der Waals surface area contributed by atoms with Crippen LogP contribution >= 0.6 is 0 Å². The van der Waals surface area contributed by atoms with Crippen molar-refractivity contribution in [2.24, 2.45) is 0 Å². The minimum atomic E-state index is -0.914. The van der Waals surface area contributed by atoms with Crippen LogP contribution in [0.1, 0.15) is 6.92 Å². The molecule has 8 heavy (non-hydrogen) atoms. The molecule has 0 bridgehead atoms. The Labute approximate surface area is 48.1 Å². The number of hydrogen-bond donors (Lipinski definition) is 1. The van der Waals surface area contributed by atoms with Crippen LogP contribution in [0.5, 0.6) is 0 Å². The first kappa shape index (κ1) is 6.95. The fraction of sp³-hybridized carbons (Fsp3) is 0.167. The molecule has 0 radical (unpaired) electrons. The second kappa shape index (κ2) is 4.12. The van der Waals surface area contributed by atoms with E-state index >= 15 is 0 Å². The SMILES string of the molecule is C/C=C/C=[13CH]/[13C](=O)O. The Bertz CT molecular complexity index is 122. The molecule has 0 aliphatic rings. The van der Waals surface area contributed by atoms with E-state index in [1.165, 1.54) is 6.08 Å². The van der Waals surface area contributed by atoms with Gasteiger partial charge in [0.2, 0.25) is 0 Å². The van der Waals surface area contributed by atoms with E-state index in [2.05, 4.69) is 0 Å². The molecule has 0 heterocycles. The average Bonchev–Trinajstić information content (AvgIpc) is 1.66. The van der Waals surface area contributed by atoms with Gasteiger partial charge in [0.25, 0.3) is 0 Å². The minimum absolute atomic E-state index is 0.914. The first-order chi connectivity index (χ1) is 3.77. The highest BCUT2D eigenvalue weighted by atomic mass is 16.5. The summed E-state index contributed by atoms with van der Waals surface area (Å²) < 4.78 is 0. The molecular formula is C6H8O2. The summed E-state index contributed by atoms with van der Waals surface area (Å²) in [6.07, 6.45) is 5.98. The van der Waals surface area contributed by atoms with E-state index in [0.29, 0.717) is 0 Å². The van der Waals surface area contributed by atoms with Crippen molar-refractivity contribution in [2.45, 2.75) is 6.92 Å². The van der Waals surface area contributed by atoms with Crippen LogP contribution in [0.3, 0.4) is 0 Å². The zero-order chi connectivity index (χ0) is 6.41. The van der Waals surface area contributed by atoms with Crippen LogP contribution in [-0.4, -0.2) is 11.1 Å². The van der Waals surface area contributed by atoms with E-state index in [9.17, 15) is 4.79 Å². The van der Waals surface area contributed by atoms with Gasteiger partial charge in [-0.2, -0.15) is 0 Å². The zero-order valence-corrected chi connectivity index (χ0v) is 4.66. The number of carbonyl (C=O) groups is 1. The van der Waals surface area contributed by atoms with Crippen molar-refractivity contribution in [3.63, 3.8) is 0 Å². The highest BCUT2D eigenvalue weighted by Gasteiger charge is 1.78. The second-order valence-corrected chi connectivity index (χ2v) is 1.22. The smallest absolute Gasteiger partial charge is 0.328 e. The van der Waals surface area contributed by atoms with Crippen LogP contribution in [0.2, 0.25) is 0 Å². The summed E-state index contributed by atoms with van der Waals surface area (Å²) in [6.45, 7) is 1.83. The van der Waals surface area contributed by atoms with Crippen LogP contribution in [0.15, 0.2) is 24.3 Å². The first-order valence-electron chi connectivity index (χ1n) is 2.29. The average molecular weight is 114 g/mol. The van der Waals surface area contributed by atoms with Gasteiger partial charge in [0, 0.05) is 6.08 Å². The number of allylic oxidation sites excluding steroid dienone is 3. The minimum Gasteiger partial charge on any atom is -0.478 e. The maximum Gasteiger partial charge on any atom is 0.328 e. The lowest BCUT2D eigenvalue weighted by Gasteiger charge is -1.72. The van der Waals surface area contributed by atoms with E-state index in [1.807, 2.05) is 6.92 Å². The van der Waals surface area contributed by atoms with Crippen molar-refractivity contribution < 1.29 is 9.90 Å². The maximum atomic E-state index is 9.75. The standard InChI is InChI=1S/C6H8O2/c1-2-3-4-5-6(7)8/h2-5H,1H3,(H,7,8)/b3-2+,5-4+/i5+1,6+1. The molecule has 0 aliphatic carbocycles. The Kier molecular flexibility index (Phi) is 3.58. The number of aliphatic carboxylic acids is 1. The normalized spacial score (nSPS) is 11.1. The molecule has 2 heteroatoms. The van der Waals surface area contributed by atoms with E-state index in [0.717, 1.165) is 6.08 Å².